The number of aromatic nitrogens is 2. The highest BCUT2D eigenvalue weighted by Crippen LogP contribution is 2.29. The quantitative estimate of drug-likeness (QED) is 0.685. The van der Waals surface area contributed by atoms with Gasteiger partial charge in [0.1, 0.15) is 17.4 Å². The first-order chi connectivity index (χ1) is 14.7. The van der Waals surface area contributed by atoms with E-state index in [4.69, 9.17) is 11.6 Å². The molecule has 2 aromatic rings. The van der Waals surface area contributed by atoms with E-state index in [0.29, 0.717) is 5.69 Å². The van der Waals surface area contributed by atoms with Crippen LogP contribution in [0.5, 0.6) is 5.75 Å². The number of carbonyl (C=O) groups is 1. The second kappa shape index (κ2) is 10.2. The van der Waals surface area contributed by atoms with Crippen LogP contribution >= 0.6 is 11.6 Å². The zero-order valence-corrected chi connectivity index (χ0v) is 18.5. The minimum atomic E-state index is -2.96. The molecule has 0 bridgehead atoms. The summed E-state index contributed by atoms with van der Waals surface area (Å²) in [6.07, 6.45) is 0. The predicted octanol–water partition coefficient (Wildman–Crippen LogP) is 3.92. The smallest absolute Gasteiger partial charge is 0.387 e. The molecule has 1 N–H and O–H groups in total. The third-order valence-corrected chi connectivity index (χ3v) is 5.16. The third kappa shape index (κ3) is 6.48. The van der Waals surface area contributed by atoms with E-state index in [0.717, 1.165) is 43.5 Å². The normalized spacial score (nSPS) is 14.9. The van der Waals surface area contributed by atoms with E-state index >= 15 is 0 Å². The Morgan fingerprint density at radius 2 is 1.90 bits per heavy atom. The van der Waals surface area contributed by atoms with Gasteiger partial charge in [-0.2, -0.15) is 8.78 Å². The Morgan fingerprint density at radius 3 is 2.52 bits per heavy atom. The van der Waals surface area contributed by atoms with Crippen molar-refractivity contribution in [3.63, 3.8) is 0 Å². The van der Waals surface area contributed by atoms with E-state index in [1.807, 2.05) is 13.0 Å². The number of nitrogens with zero attached hydrogens (tertiary/aromatic N) is 4. The molecular weight excluding hydrogens is 428 g/mol. The molecule has 1 aromatic heterocycles. The largest absolute Gasteiger partial charge is 0.433 e. The molecule has 1 aliphatic heterocycles. The predicted molar refractivity (Wildman–Crippen MR) is 116 cm³/mol. The van der Waals surface area contributed by atoms with E-state index in [1.165, 1.54) is 18.2 Å². The minimum absolute atomic E-state index is 0.00706. The minimum Gasteiger partial charge on any atom is -0.433 e. The lowest BCUT2D eigenvalue weighted by Crippen LogP contribution is -2.49. The molecule has 1 amide bonds. The standard InChI is InChI=1S/C21H26ClF2N5O2/c1-13(2)20-25-14(3)10-18(27-20)29-8-6-28(7-9-29)12-19(30)26-15-4-5-17(16(22)11-15)31-21(23)24/h4-5,10-11,13,21H,6-9,12H2,1-3H3,(H,26,30). The monoisotopic (exact) mass is 453 g/mol. The number of rotatable bonds is 7. The Bertz CT molecular complexity index is 921. The molecule has 7 nitrogen and oxygen atoms in total. The fraction of sp³-hybridized carbons (Fsp3) is 0.476. The lowest BCUT2D eigenvalue weighted by molar-refractivity contribution is -0.117. The molecule has 1 saturated heterocycles. The van der Waals surface area contributed by atoms with Gasteiger partial charge in [-0.3, -0.25) is 9.69 Å². The Balaban J connectivity index is 1.52. The maximum absolute atomic E-state index is 12.4. The number of piperazine rings is 1. The number of nitrogens with one attached hydrogen (secondary N) is 1. The van der Waals surface area contributed by atoms with Crippen LogP contribution < -0.4 is 15.0 Å². The molecule has 0 spiro atoms. The average molecular weight is 454 g/mol. The van der Waals surface area contributed by atoms with Crippen molar-refractivity contribution in [1.29, 1.82) is 0 Å². The van der Waals surface area contributed by atoms with Crippen molar-refractivity contribution in [1.82, 2.24) is 14.9 Å². The lowest BCUT2D eigenvalue weighted by Gasteiger charge is -2.35. The van der Waals surface area contributed by atoms with Crippen LogP contribution in [0.3, 0.4) is 0 Å². The number of anilines is 2. The summed E-state index contributed by atoms with van der Waals surface area (Å²) in [5.41, 5.74) is 1.37. The van der Waals surface area contributed by atoms with Crippen LogP contribution in [0.2, 0.25) is 5.02 Å². The van der Waals surface area contributed by atoms with Gasteiger partial charge in [-0.05, 0) is 25.1 Å². The first-order valence-electron chi connectivity index (χ1n) is 10.1. The number of aryl methyl sites for hydroxylation is 1. The number of benzene rings is 1. The van der Waals surface area contributed by atoms with Crippen molar-refractivity contribution in [2.75, 3.05) is 42.9 Å². The van der Waals surface area contributed by atoms with Crippen molar-refractivity contribution >= 4 is 29.0 Å². The molecule has 31 heavy (non-hydrogen) atoms. The fourth-order valence-electron chi connectivity index (χ4n) is 3.30. The van der Waals surface area contributed by atoms with Crippen molar-refractivity contribution in [2.24, 2.45) is 0 Å². The van der Waals surface area contributed by atoms with Crippen molar-refractivity contribution in [3.05, 3.63) is 40.8 Å². The number of hydrogen-bond acceptors (Lipinski definition) is 6. The van der Waals surface area contributed by atoms with Crippen LogP contribution in [0, 0.1) is 6.92 Å². The molecule has 10 heteroatoms. The molecule has 1 aromatic carbocycles. The lowest BCUT2D eigenvalue weighted by atomic mass is 10.2. The van der Waals surface area contributed by atoms with Gasteiger partial charge in [0.25, 0.3) is 0 Å². The van der Waals surface area contributed by atoms with E-state index in [2.05, 4.69) is 43.7 Å². The Hall–Kier alpha value is -2.52. The van der Waals surface area contributed by atoms with Gasteiger partial charge in [0.2, 0.25) is 5.91 Å². The van der Waals surface area contributed by atoms with Gasteiger partial charge in [0, 0.05) is 49.5 Å². The fourth-order valence-corrected chi connectivity index (χ4v) is 3.53. The van der Waals surface area contributed by atoms with Crippen LogP contribution in [0.1, 0.15) is 31.3 Å². The molecule has 1 aliphatic rings. The van der Waals surface area contributed by atoms with E-state index in [1.54, 1.807) is 0 Å². The zero-order chi connectivity index (χ0) is 22.5. The number of ether oxygens (including phenoxy) is 1. The number of carbonyl (C=O) groups excluding carboxylic acids is 1. The van der Waals surface area contributed by atoms with Crippen LogP contribution in [0.25, 0.3) is 0 Å². The van der Waals surface area contributed by atoms with Crippen LogP contribution in [-0.4, -0.2) is 60.1 Å². The first kappa shape index (κ1) is 23.1. The Morgan fingerprint density at radius 1 is 1.19 bits per heavy atom. The van der Waals surface area contributed by atoms with E-state index in [9.17, 15) is 13.6 Å². The third-order valence-electron chi connectivity index (χ3n) is 4.87. The van der Waals surface area contributed by atoms with Gasteiger partial charge >= 0.3 is 6.61 Å². The highest BCUT2D eigenvalue weighted by molar-refractivity contribution is 6.32. The highest BCUT2D eigenvalue weighted by atomic mass is 35.5. The number of amides is 1. The SMILES string of the molecule is Cc1cc(N2CCN(CC(=O)Nc3ccc(OC(F)F)c(Cl)c3)CC2)nc(C(C)C)n1. The van der Waals surface area contributed by atoms with Crippen LogP contribution in [0.4, 0.5) is 20.3 Å². The number of halogens is 3. The van der Waals surface area contributed by atoms with Crippen LogP contribution in [0.15, 0.2) is 24.3 Å². The number of hydrogen-bond donors (Lipinski definition) is 1. The van der Waals surface area contributed by atoms with Crippen LogP contribution in [-0.2, 0) is 4.79 Å². The highest BCUT2D eigenvalue weighted by Gasteiger charge is 2.21. The van der Waals surface area contributed by atoms with Gasteiger partial charge < -0.3 is 15.0 Å². The summed E-state index contributed by atoms with van der Waals surface area (Å²) in [5.74, 6) is 1.67. The molecule has 0 aliphatic carbocycles. The molecule has 1 fully saturated rings. The van der Waals surface area contributed by atoms with E-state index < -0.39 is 6.61 Å². The molecule has 168 valence electrons. The van der Waals surface area contributed by atoms with Gasteiger partial charge in [-0.15, -0.1) is 0 Å². The van der Waals surface area contributed by atoms with Gasteiger partial charge in [0.15, 0.2) is 0 Å². The maximum Gasteiger partial charge on any atom is 0.387 e. The molecule has 0 unspecified atom stereocenters. The summed E-state index contributed by atoms with van der Waals surface area (Å²) < 4.78 is 28.9. The summed E-state index contributed by atoms with van der Waals surface area (Å²) in [5, 5.41) is 2.75. The Kier molecular flexibility index (Phi) is 7.61. The summed E-state index contributed by atoms with van der Waals surface area (Å²) in [6, 6.07) is 6.15. The van der Waals surface area contributed by atoms with Crippen molar-refractivity contribution in [2.45, 2.75) is 33.3 Å². The number of alkyl halides is 2. The molecule has 0 radical (unpaired) electrons. The van der Waals surface area contributed by atoms with Gasteiger partial charge in [-0.1, -0.05) is 25.4 Å². The second-order valence-electron chi connectivity index (χ2n) is 7.72. The molecule has 2 heterocycles. The zero-order valence-electron chi connectivity index (χ0n) is 17.7. The summed E-state index contributed by atoms with van der Waals surface area (Å²) in [7, 11) is 0. The van der Waals surface area contributed by atoms with E-state index in [-0.39, 0.29) is 29.1 Å². The van der Waals surface area contributed by atoms with Crippen molar-refractivity contribution < 1.29 is 18.3 Å². The second-order valence-corrected chi connectivity index (χ2v) is 8.12. The Labute approximate surface area is 185 Å². The summed E-state index contributed by atoms with van der Waals surface area (Å²) in [4.78, 5) is 25.8. The average Bonchev–Trinajstić information content (AvgIpc) is 2.70. The summed E-state index contributed by atoms with van der Waals surface area (Å²) >= 11 is 5.93. The molecule has 0 atom stereocenters. The summed E-state index contributed by atoms with van der Waals surface area (Å²) in [6.45, 7) is 6.32. The molecule has 0 saturated carbocycles. The molecular formula is C21H26ClF2N5O2. The first-order valence-corrected chi connectivity index (χ1v) is 10.5. The van der Waals surface area contributed by atoms with Gasteiger partial charge in [-0.25, -0.2) is 9.97 Å². The van der Waals surface area contributed by atoms with Crippen molar-refractivity contribution in [3.8, 4) is 5.75 Å². The maximum atomic E-state index is 12.4. The van der Waals surface area contributed by atoms with Gasteiger partial charge in [0.05, 0.1) is 11.6 Å². The topological polar surface area (TPSA) is 70.6 Å². The molecule has 3 rings (SSSR count).